The van der Waals surface area contributed by atoms with Crippen molar-refractivity contribution in [3.63, 3.8) is 0 Å². The summed E-state index contributed by atoms with van der Waals surface area (Å²) < 4.78 is 6.11. The third kappa shape index (κ3) is 4.34. The molecule has 0 aliphatic rings. The summed E-state index contributed by atoms with van der Waals surface area (Å²) in [6, 6.07) is 6.20. The first-order valence-corrected chi connectivity index (χ1v) is 9.10. The maximum absolute atomic E-state index is 12.2. The number of benzene rings is 1. The molecule has 0 spiro atoms. The van der Waals surface area contributed by atoms with Crippen LogP contribution in [0.4, 0.5) is 5.69 Å². The van der Waals surface area contributed by atoms with E-state index in [1.165, 1.54) is 0 Å². The van der Waals surface area contributed by atoms with E-state index in [1.54, 1.807) is 0 Å². The number of carbonyl (C=O) groups excluding carboxylic acids is 1. The molecular weight excluding hydrogens is 326 g/mol. The van der Waals surface area contributed by atoms with Crippen molar-refractivity contribution in [3.05, 3.63) is 46.1 Å². The van der Waals surface area contributed by atoms with Crippen LogP contribution in [0.3, 0.4) is 0 Å². The van der Waals surface area contributed by atoms with Crippen molar-refractivity contribution in [2.75, 3.05) is 5.32 Å². The van der Waals surface area contributed by atoms with Gasteiger partial charge in [-0.2, -0.15) is 0 Å². The lowest BCUT2D eigenvalue weighted by molar-refractivity contribution is 0.0998. The second-order valence-corrected chi connectivity index (χ2v) is 6.84. The molecule has 0 bridgehead atoms. The van der Waals surface area contributed by atoms with Gasteiger partial charge >= 0.3 is 0 Å². The molecule has 0 saturated heterocycles. The Hall–Kier alpha value is -2.56. The van der Waals surface area contributed by atoms with Gasteiger partial charge in [-0.15, -0.1) is 0 Å². The van der Waals surface area contributed by atoms with E-state index in [-0.39, 0.29) is 11.9 Å². The first-order chi connectivity index (χ1) is 12.3. The number of anilines is 1. The van der Waals surface area contributed by atoms with E-state index in [0.29, 0.717) is 17.0 Å². The molecule has 5 heteroatoms. The van der Waals surface area contributed by atoms with Crippen LogP contribution in [0.1, 0.15) is 59.4 Å². The van der Waals surface area contributed by atoms with Crippen LogP contribution >= 0.6 is 0 Å². The number of nitrogens with one attached hydrogen (secondary N) is 1. The Balaban J connectivity index is 2.55. The largest absolute Gasteiger partial charge is 0.438 e. The number of hydrogen-bond acceptors (Lipinski definition) is 4. The van der Waals surface area contributed by atoms with Crippen molar-refractivity contribution < 1.29 is 9.53 Å². The van der Waals surface area contributed by atoms with Gasteiger partial charge in [0.1, 0.15) is 11.3 Å². The number of pyridine rings is 1. The van der Waals surface area contributed by atoms with E-state index in [9.17, 15) is 4.79 Å². The maximum atomic E-state index is 12.2. The Morgan fingerprint density at radius 3 is 2.19 bits per heavy atom. The van der Waals surface area contributed by atoms with E-state index in [4.69, 9.17) is 10.5 Å². The summed E-state index contributed by atoms with van der Waals surface area (Å²) in [4.78, 5) is 16.6. The van der Waals surface area contributed by atoms with Gasteiger partial charge in [0.25, 0.3) is 5.91 Å². The molecule has 1 aromatic heterocycles. The molecule has 0 aliphatic heterocycles. The molecule has 1 amide bonds. The Bertz CT molecular complexity index is 788. The maximum Gasteiger partial charge on any atom is 0.256 e. The lowest BCUT2D eigenvalue weighted by Crippen LogP contribution is -2.22. The van der Waals surface area contributed by atoms with E-state index < -0.39 is 5.91 Å². The number of rotatable bonds is 7. The van der Waals surface area contributed by atoms with Gasteiger partial charge in [0.15, 0.2) is 0 Å². The SMILES string of the molecule is CCC(CC)Nc1cc(C)nc(Oc2c(C)cc(C)cc2C)c1C(N)=O. The fraction of sp³-hybridized carbons (Fsp3) is 0.429. The molecule has 2 rings (SSSR count). The minimum absolute atomic E-state index is 0.251. The topological polar surface area (TPSA) is 77.2 Å². The van der Waals surface area contributed by atoms with Crippen LogP contribution in [0.5, 0.6) is 11.6 Å². The molecular formula is C21H29N3O2. The lowest BCUT2D eigenvalue weighted by Gasteiger charge is -2.21. The van der Waals surface area contributed by atoms with Gasteiger partial charge in [0, 0.05) is 11.7 Å². The average Bonchev–Trinajstić information content (AvgIpc) is 2.55. The molecule has 0 radical (unpaired) electrons. The summed E-state index contributed by atoms with van der Waals surface area (Å²) in [5.41, 5.74) is 10.6. The predicted molar refractivity (Wildman–Crippen MR) is 106 cm³/mol. The summed E-state index contributed by atoms with van der Waals surface area (Å²) in [5, 5.41) is 3.41. The zero-order valence-corrected chi connectivity index (χ0v) is 16.6. The Morgan fingerprint density at radius 2 is 1.69 bits per heavy atom. The standard InChI is InChI=1S/C21H29N3O2/c1-7-16(8-2)24-17-11-15(6)23-21(18(17)20(22)25)26-19-13(4)9-12(3)10-14(19)5/h9-11,16H,7-8H2,1-6H3,(H2,22,25)(H,23,24). The number of hydrogen-bond donors (Lipinski definition) is 2. The van der Waals surface area contributed by atoms with Crippen molar-refractivity contribution in [3.8, 4) is 11.6 Å². The number of aryl methyl sites for hydroxylation is 4. The van der Waals surface area contributed by atoms with Crippen LogP contribution in [0.2, 0.25) is 0 Å². The normalized spacial score (nSPS) is 10.9. The number of carbonyl (C=O) groups is 1. The summed E-state index contributed by atoms with van der Waals surface area (Å²) in [5.74, 6) is 0.411. The monoisotopic (exact) mass is 355 g/mol. The fourth-order valence-corrected chi connectivity index (χ4v) is 3.21. The number of amides is 1. The number of aromatic nitrogens is 1. The molecule has 1 aromatic carbocycles. The fourth-order valence-electron chi connectivity index (χ4n) is 3.21. The van der Waals surface area contributed by atoms with Crippen LogP contribution in [-0.4, -0.2) is 16.9 Å². The summed E-state index contributed by atoms with van der Waals surface area (Å²) >= 11 is 0. The van der Waals surface area contributed by atoms with Crippen LogP contribution in [-0.2, 0) is 0 Å². The van der Waals surface area contributed by atoms with Crippen LogP contribution in [0.25, 0.3) is 0 Å². The minimum Gasteiger partial charge on any atom is -0.438 e. The van der Waals surface area contributed by atoms with Crippen molar-refractivity contribution in [2.45, 2.75) is 60.4 Å². The molecule has 5 nitrogen and oxygen atoms in total. The molecule has 0 atom stereocenters. The van der Waals surface area contributed by atoms with Crippen molar-refractivity contribution >= 4 is 11.6 Å². The Kier molecular flexibility index (Phi) is 6.24. The zero-order chi connectivity index (χ0) is 19.4. The smallest absolute Gasteiger partial charge is 0.256 e. The highest BCUT2D eigenvalue weighted by Gasteiger charge is 2.21. The molecule has 0 unspecified atom stereocenters. The van der Waals surface area contributed by atoms with Crippen LogP contribution < -0.4 is 15.8 Å². The molecule has 26 heavy (non-hydrogen) atoms. The van der Waals surface area contributed by atoms with E-state index >= 15 is 0 Å². The van der Waals surface area contributed by atoms with Gasteiger partial charge in [0.05, 0.1) is 5.69 Å². The number of primary amides is 1. The van der Waals surface area contributed by atoms with Gasteiger partial charge in [0.2, 0.25) is 5.88 Å². The van der Waals surface area contributed by atoms with Crippen molar-refractivity contribution in [1.82, 2.24) is 4.98 Å². The van der Waals surface area contributed by atoms with Gasteiger partial charge in [-0.25, -0.2) is 4.98 Å². The van der Waals surface area contributed by atoms with E-state index in [1.807, 2.05) is 45.9 Å². The molecule has 140 valence electrons. The van der Waals surface area contributed by atoms with Crippen LogP contribution in [0, 0.1) is 27.7 Å². The predicted octanol–water partition coefficient (Wildman–Crippen LogP) is 4.81. The number of ether oxygens (including phenoxy) is 1. The molecule has 2 aromatic rings. The Morgan fingerprint density at radius 1 is 1.12 bits per heavy atom. The summed E-state index contributed by atoms with van der Waals surface area (Å²) in [7, 11) is 0. The second-order valence-electron chi connectivity index (χ2n) is 6.84. The second kappa shape index (κ2) is 8.21. The first kappa shape index (κ1) is 19.8. The van der Waals surface area contributed by atoms with Crippen molar-refractivity contribution in [2.24, 2.45) is 5.73 Å². The highest BCUT2D eigenvalue weighted by Crippen LogP contribution is 2.34. The molecule has 0 saturated carbocycles. The highest BCUT2D eigenvalue weighted by atomic mass is 16.5. The highest BCUT2D eigenvalue weighted by molar-refractivity contribution is 6.01. The van der Waals surface area contributed by atoms with Gasteiger partial charge in [-0.1, -0.05) is 31.5 Å². The summed E-state index contributed by atoms with van der Waals surface area (Å²) in [6.45, 7) is 12.1. The summed E-state index contributed by atoms with van der Waals surface area (Å²) in [6.07, 6.45) is 1.89. The molecule has 0 aliphatic carbocycles. The number of nitrogens with two attached hydrogens (primary N) is 1. The third-order valence-electron chi connectivity index (χ3n) is 4.51. The molecule has 1 heterocycles. The van der Waals surface area contributed by atoms with E-state index in [2.05, 4.69) is 24.1 Å². The van der Waals surface area contributed by atoms with Crippen molar-refractivity contribution in [1.29, 1.82) is 0 Å². The quantitative estimate of drug-likeness (QED) is 0.747. The minimum atomic E-state index is -0.552. The Labute approximate surface area is 156 Å². The van der Waals surface area contributed by atoms with Gasteiger partial charge in [-0.05, 0) is 57.7 Å². The van der Waals surface area contributed by atoms with Gasteiger partial charge in [-0.3, -0.25) is 4.79 Å². The first-order valence-electron chi connectivity index (χ1n) is 9.10. The van der Waals surface area contributed by atoms with Gasteiger partial charge < -0.3 is 15.8 Å². The zero-order valence-electron chi connectivity index (χ0n) is 16.6. The van der Waals surface area contributed by atoms with E-state index in [0.717, 1.165) is 35.2 Å². The molecule has 0 fully saturated rings. The molecule has 3 N–H and O–H groups in total. The van der Waals surface area contributed by atoms with Crippen LogP contribution in [0.15, 0.2) is 18.2 Å². The lowest BCUT2D eigenvalue weighted by atomic mass is 10.1. The number of nitrogens with zero attached hydrogens (tertiary/aromatic N) is 1. The third-order valence-corrected chi connectivity index (χ3v) is 4.51. The average molecular weight is 355 g/mol.